The van der Waals surface area contributed by atoms with Crippen LogP contribution < -0.4 is 14.8 Å². The van der Waals surface area contributed by atoms with Gasteiger partial charge in [0.25, 0.3) is 0 Å². The second-order valence-corrected chi connectivity index (χ2v) is 6.88. The molecule has 1 N–H and O–H groups in total. The van der Waals surface area contributed by atoms with Crippen LogP contribution in [0.3, 0.4) is 0 Å². The highest BCUT2D eigenvalue weighted by Crippen LogP contribution is 2.33. The van der Waals surface area contributed by atoms with Crippen LogP contribution in [0.25, 0.3) is 0 Å². The van der Waals surface area contributed by atoms with E-state index in [4.69, 9.17) is 37.7 Å². The van der Waals surface area contributed by atoms with Gasteiger partial charge in [0.15, 0.2) is 16.6 Å². The number of benzene rings is 2. The lowest BCUT2D eigenvalue weighted by Crippen LogP contribution is -2.33. The summed E-state index contributed by atoms with van der Waals surface area (Å²) in [6.45, 7) is 1.39. The van der Waals surface area contributed by atoms with Gasteiger partial charge in [-0.25, -0.2) is 0 Å². The van der Waals surface area contributed by atoms with Crippen LogP contribution >= 0.6 is 23.8 Å². The van der Waals surface area contributed by atoms with E-state index < -0.39 is 0 Å². The molecule has 4 rings (SSSR count). The zero-order valence-electron chi connectivity index (χ0n) is 14.4. The summed E-state index contributed by atoms with van der Waals surface area (Å²) in [6, 6.07) is 17.1. The van der Waals surface area contributed by atoms with Crippen LogP contribution in [-0.2, 0) is 13.1 Å². The van der Waals surface area contributed by atoms with Gasteiger partial charge in [0.2, 0.25) is 6.79 Å². The lowest BCUT2D eigenvalue weighted by molar-refractivity contribution is 0.174. The second kappa shape index (κ2) is 7.90. The molecule has 0 radical (unpaired) electrons. The average molecular weight is 401 g/mol. The molecule has 1 aliphatic heterocycles. The highest BCUT2D eigenvalue weighted by atomic mass is 35.5. The molecule has 0 atom stereocenters. The van der Waals surface area contributed by atoms with Crippen molar-refractivity contribution in [2.75, 3.05) is 12.1 Å². The summed E-state index contributed by atoms with van der Waals surface area (Å²) in [5.74, 6) is 2.34. The Labute approximate surface area is 167 Å². The molecule has 0 spiro atoms. The molecule has 0 aliphatic carbocycles. The maximum Gasteiger partial charge on any atom is 0.231 e. The summed E-state index contributed by atoms with van der Waals surface area (Å²) in [7, 11) is 0. The number of thiocarbonyl (C=S) groups is 1. The van der Waals surface area contributed by atoms with E-state index in [-0.39, 0.29) is 6.79 Å². The first kappa shape index (κ1) is 17.7. The van der Waals surface area contributed by atoms with Crippen molar-refractivity contribution >= 4 is 34.6 Å². The summed E-state index contributed by atoms with van der Waals surface area (Å²) >= 11 is 11.6. The van der Waals surface area contributed by atoms with Gasteiger partial charge in [0.05, 0.1) is 12.8 Å². The Hall–Kier alpha value is -2.70. The lowest BCUT2D eigenvalue weighted by Gasteiger charge is -2.25. The van der Waals surface area contributed by atoms with Crippen molar-refractivity contribution < 1.29 is 13.9 Å². The highest BCUT2D eigenvalue weighted by molar-refractivity contribution is 7.80. The zero-order valence-corrected chi connectivity index (χ0v) is 15.9. The van der Waals surface area contributed by atoms with Gasteiger partial charge in [0, 0.05) is 17.3 Å². The fourth-order valence-corrected chi connectivity index (χ4v) is 3.16. The lowest BCUT2D eigenvalue weighted by atomic mass is 10.2. The molecule has 0 fully saturated rings. The molecule has 138 valence electrons. The monoisotopic (exact) mass is 400 g/mol. The number of anilines is 1. The number of nitrogens with one attached hydrogen (secondary N) is 1. The number of hydrogen-bond donors (Lipinski definition) is 1. The van der Waals surface area contributed by atoms with Gasteiger partial charge >= 0.3 is 0 Å². The highest BCUT2D eigenvalue weighted by Gasteiger charge is 2.17. The third kappa shape index (κ3) is 4.35. The van der Waals surface area contributed by atoms with Gasteiger partial charge in [-0.2, -0.15) is 0 Å². The van der Waals surface area contributed by atoms with Crippen molar-refractivity contribution in [3.8, 4) is 11.5 Å². The number of halogens is 1. The minimum Gasteiger partial charge on any atom is -0.467 e. The minimum atomic E-state index is 0.255. The third-order valence-electron chi connectivity index (χ3n) is 4.12. The molecule has 1 aliphatic rings. The molecule has 0 saturated carbocycles. The molecule has 5 nitrogen and oxygen atoms in total. The summed E-state index contributed by atoms with van der Waals surface area (Å²) in [5, 5.41) is 4.52. The first-order valence-electron chi connectivity index (χ1n) is 8.40. The quantitative estimate of drug-likeness (QED) is 0.604. The smallest absolute Gasteiger partial charge is 0.231 e. The minimum absolute atomic E-state index is 0.255. The predicted octanol–water partition coefficient (Wildman–Crippen LogP) is 5.06. The van der Waals surface area contributed by atoms with Gasteiger partial charge in [0.1, 0.15) is 5.76 Å². The van der Waals surface area contributed by atoms with Crippen LogP contribution in [0.15, 0.2) is 65.3 Å². The molecular weight excluding hydrogens is 384 g/mol. The van der Waals surface area contributed by atoms with Crippen molar-refractivity contribution in [2.24, 2.45) is 0 Å². The molecule has 2 aromatic carbocycles. The number of ether oxygens (including phenoxy) is 2. The van der Waals surface area contributed by atoms with Crippen LogP contribution in [0.4, 0.5) is 5.69 Å². The normalized spacial score (nSPS) is 12.0. The molecular formula is C20H17ClN2O3S. The van der Waals surface area contributed by atoms with Crippen molar-refractivity contribution in [3.05, 3.63) is 77.2 Å². The zero-order chi connectivity index (χ0) is 18.6. The van der Waals surface area contributed by atoms with Crippen molar-refractivity contribution in [3.63, 3.8) is 0 Å². The maximum absolute atomic E-state index is 5.95. The third-order valence-corrected chi connectivity index (χ3v) is 4.73. The first-order valence-corrected chi connectivity index (χ1v) is 9.18. The Balaban J connectivity index is 1.52. The maximum atomic E-state index is 5.95. The fourth-order valence-electron chi connectivity index (χ4n) is 2.79. The van der Waals surface area contributed by atoms with Gasteiger partial charge < -0.3 is 24.1 Å². The van der Waals surface area contributed by atoms with E-state index in [0.717, 1.165) is 28.5 Å². The van der Waals surface area contributed by atoms with Crippen LogP contribution in [-0.4, -0.2) is 16.8 Å². The fraction of sp³-hybridized carbons (Fsp3) is 0.150. The van der Waals surface area contributed by atoms with Crippen LogP contribution in [0.5, 0.6) is 11.5 Å². The Morgan fingerprint density at radius 2 is 1.85 bits per heavy atom. The number of furan rings is 1. The van der Waals surface area contributed by atoms with Crippen molar-refractivity contribution in [2.45, 2.75) is 13.1 Å². The van der Waals surface area contributed by atoms with Gasteiger partial charge in [-0.1, -0.05) is 17.7 Å². The van der Waals surface area contributed by atoms with Crippen LogP contribution in [0, 0.1) is 0 Å². The van der Waals surface area contributed by atoms with Crippen LogP contribution in [0.2, 0.25) is 5.02 Å². The van der Waals surface area contributed by atoms with Gasteiger partial charge in [-0.05, 0) is 66.3 Å². The number of rotatable bonds is 5. The molecule has 27 heavy (non-hydrogen) atoms. The van der Waals surface area contributed by atoms with Crippen LogP contribution in [0.1, 0.15) is 11.3 Å². The molecule has 7 heteroatoms. The first-order chi connectivity index (χ1) is 13.2. The van der Waals surface area contributed by atoms with Gasteiger partial charge in [-0.15, -0.1) is 0 Å². The molecule has 0 saturated heterocycles. The summed E-state index contributed by atoms with van der Waals surface area (Å²) in [5.41, 5.74) is 1.94. The Morgan fingerprint density at radius 1 is 1.04 bits per heavy atom. The standard InChI is InChI=1S/C20H17ClN2O3S/c21-15-4-6-16(7-5-15)22-20(27)23(12-17-2-1-9-24-17)11-14-3-8-18-19(10-14)26-13-25-18/h1-10H,11-13H2,(H,22,27). The summed E-state index contributed by atoms with van der Waals surface area (Å²) in [6.07, 6.45) is 1.66. The average Bonchev–Trinajstić information content (AvgIpc) is 3.34. The van der Waals surface area contributed by atoms with E-state index in [1.54, 1.807) is 6.26 Å². The van der Waals surface area contributed by atoms with E-state index in [2.05, 4.69) is 5.32 Å². The molecule has 0 unspecified atom stereocenters. The number of hydrogen-bond acceptors (Lipinski definition) is 4. The molecule has 1 aromatic heterocycles. The Bertz CT molecular complexity index is 929. The predicted molar refractivity (Wildman–Crippen MR) is 108 cm³/mol. The summed E-state index contributed by atoms with van der Waals surface area (Å²) < 4.78 is 16.4. The Kier molecular flexibility index (Phi) is 5.18. The van der Waals surface area contributed by atoms with Gasteiger partial charge in [-0.3, -0.25) is 0 Å². The van der Waals surface area contributed by atoms with Crippen molar-refractivity contribution in [1.82, 2.24) is 4.90 Å². The largest absolute Gasteiger partial charge is 0.467 e. The molecule has 3 aromatic rings. The number of fused-ring (bicyclic) bond motifs is 1. The summed E-state index contributed by atoms with van der Waals surface area (Å²) in [4.78, 5) is 2.03. The van der Waals surface area contributed by atoms with E-state index in [1.165, 1.54) is 0 Å². The molecule has 0 amide bonds. The van der Waals surface area contributed by atoms with E-state index in [9.17, 15) is 0 Å². The molecule has 2 heterocycles. The number of nitrogens with zero attached hydrogens (tertiary/aromatic N) is 1. The van der Waals surface area contributed by atoms with Crippen molar-refractivity contribution in [1.29, 1.82) is 0 Å². The topological polar surface area (TPSA) is 46.9 Å². The molecule has 0 bridgehead atoms. The SMILES string of the molecule is S=C(Nc1ccc(Cl)cc1)N(Cc1ccc2c(c1)OCO2)Cc1ccco1. The second-order valence-electron chi connectivity index (χ2n) is 6.06. The van der Waals surface area contributed by atoms with E-state index in [0.29, 0.717) is 23.2 Å². The van der Waals surface area contributed by atoms with E-state index in [1.807, 2.05) is 59.5 Å². The Morgan fingerprint density at radius 3 is 2.63 bits per heavy atom. The van der Waals surface area contributed by atoms with E-state index >= 15 is 0 Å².